The lowest BCUT2D eigenvalue weighted by atomic mass is 10.1. The van der Waals surface area contributed by atoms with Crippen molar-refractivity contribution < 1.29 is 23.9 Å². The van der Waals surface area contributed by atoms with Crippen LogP contribution in [0.3, 0.4) is 0 Å². The number of benzene rings is 1. The van der Waals surface area contributed by atoms with Gasteiger partial charge in [-0.05, 0) is 39.0 Å². The van der Waals surface area contributed by atoms with Crippen molar-refractivity contribution in [1.29, 1.82) is 0 Å². The predicted molar refractivity (Wildman–Crippen MR) is 75.5 cm³/mol. The molecule has 0 unspecified atom stereocenters. The molecule has 7 heteroatoms. The number of hydrogen-bond donors (Lipinski definition) is 2. The van der Waals surface area contributed by atoms with Crippen LogP contribution in [-0.2, 0) is 4.74 Å². The topological polar surface area (TPSA) is 80.2 Å². The maximum atomic E-state index is 13.6. The Morgan fingerprint density at radius 1 is 1.43 bits per heavy atom. The molecule has 0 aliphatic rings. The minimum Gasteiger partial charge on any atom is -0.494 e. The summed E-state index contributed by atoms with van der Waals surface area (Å²) in [6.45, 7) is 5.09. The summed E-state index contributed by atoms with van der Waals surface area (Å²) < 4.78 is 23.4. The van der Waals surface area contributed by atoms with Crippen LogP contribution < -0.4 is 10.1 Å². The molecule has 0 aromatic heterocycles. The minimum atomic E-state index is -0.655. The number of oxime groups is 1. The highest BCUT2D eigenvalue weighted by Gasteiger charge is 2.17. The Hall–Kier alpha value is -2.31. The average molecular weight is 298 g/mol. The molecular weight excluding hydrogens is 279 g/mol. The van der Waals surface area contributed by atoms with Crippen molar-refractivity contribution in [1.82, 2.24) is 5.32 Å². The fraction of sp³-hybridized carbons (Fsp3) is 0.429. The summed E-state index contributed by atoms with van der Waals surface area (Å²) in [5, 5.41) is 14.5. The highest BCUT2D eigenvalue weighted by atomic mass is 19.1. The zero-order chi connectivity index (χ0) is 16.0. The minimum absolute atomic E-state index is 0.0798. The van der Waals surface area contributed by atoms with Crippen LogP contribution in [0.25, 0.3) is 0 Å². The summed E-state index contributed by atoms with van der Waals surface area (Å²) in [6, 6.07) is 4.09. The molecule has 0 atom stereocenters. The zero-order valence-corrected chi connectivity index (χ0v) is 12.4. The number of amides is 1. The molecule has 21 heavy (non-hydrogen) atoms. The normalized spacial score (nSPS) is 12.0. The van der Waals surface area contributed by atoms with Crippen LogP contribution in [0.4, 0.5) is 9.18 Å². The Balaban J connectivity index is 2.72. The molecule has 0 aliphatic heterocycles. The van der Waals surface area contributed by atoms with Crippen molar-refractivity contribution in [2.75, 3.05) is 13.7 Å². The van der Waals surface area contributed by atoms with Gasteiger partial charge < -0.3 is 20.0 Å². The van der Waals surface area contributed by atoms with Crippen LogP contribution in [0.1, 0.15) is 26.3 Å². The first-order chi connectivity index (χ1) is 9.76. The first-order valence-electron chi connectivity index (χ1n) is 6.28. The maximum Gasteiger partial charge on any atom is 0.407 e. The fourth-order valence-electron chi connectivity index (χ4n) is 1.51. The van der Waals surface area contributed by atoms with E-state index >= 15 is 0 Å². The number of halogens is 1. The lowest BCUT2D eigenvalue weighted by molar-refractivity contribution is 0.0536. The van der Waals surface area contributed by atoms with Gasteiger partial charge in [0.05, 0.1) is 13.7 Å². The van der Waals surface area contributed by atoms with Gasteiger partial charge in [0.1, 0.15) is 11.3 Å². The monoisotopic (exact) mass is 298 g/mol. The summed E-state index contributed by atoms with van der Waals surface area (Å²) in [4.78, 5) is 11.5. The van der Waals surface area contributed by atoms with Gasteiger partial charge in [0.25, 0.3) is 0 Å². The van der Waals surface area contributed by atoms with Crippen LogP contribution in [0, 0.1) is 5.82 Å². The second kappa shape index (κ2) is 6.92. The SMILES string of the molecule is COc1ccc(/C(CNC(=O)OC(C)(C)C)=N\O)cc1F. The number of methoxy groups -OCH3 is 1. The summed E-state index contributed by atoms with van der Waals surface area (Å²) in [5.41, 5.74) is -0.207. The van der Waals surface area contributed by atoms with Gasteiger partial charge in [-0.15, -0.1) is 0 Å². The van der Waals surface area contributed by atoms with Crippen LogP contribution >= 0.6 is 0 Å². The molecule has 1 aromatic carbocycles. The molecular formula is C14H19FN2O4. The Bertz CT molecular complexity index is 538. The zero-order valence-electron chi connectivity index (χ0n) is 12.4. The Labute approximate surface area is 122 Å². The van der Waals surface area contributed by atoms with Crippen LogP contribution in [-0.4, -0.2) is 36.3 Å². The van der Waals surface area contributed by atoms with E-state index in [9.17, 15) is 9.18 Å². The van der Waals surface area contributed by atoms with Crippen molar-refractivity contribution in [3.63, 3.8) is 0 Å². The van der Waals surface area contributed by atoms with Crippen LogP contribution in [0.2, 0.25) is 0 Å². The maximum absolute atomic E-state index is 13.6. The average Bonchev–Trinajstić information content (AvgIpc) is 2.37. The van der Waals surface area contributed by atoms with Crippen LogP contribution in [0.15, 0.2) is 23.4 Å². The molecule has 6 nitrogen and oxygen atoms in total. The Morgan fingerprint density at radius 3 is 2.57 bits per heavy atom. The van der Waals surface area contributed by atoms with E-state index in [1.807, 2.05) is 0 Å². The number of carbonyl (C=O) groups excluding carboxylic acids is 1. The highest BCUT2D eigenvalue weighted by Crippen LogP contribution is 2.18. The molecule has 0 bridgehead atoms. The number of rotatable bonds is 4. The molecule has 116 valence electrons. The molecule has 1 aromatic rings. The van der Waals surface area contributed by atoms with Gasteiger partial charge in [0.15, 0.2) is 11.6 Å². The molecule has 1 rings (SSSR count). The first kappa shape index (κ1) is 16.7. The van der Waals surface area contributed by atoms with Crippen molar-refractivity contribution in [3.05, 3.63) is 29.6 Å². The van der Waals surface area contributed by atoms with Crippen molar-refractivity contribution >= 4 is 11.8 Å². The number of alkyl carbamates (subject to hydrolysis) is 1. The number of nitrogens with one attached hydrogen (secondary N) is 1. The molecule has 0 aliphatic carbocycles. The molecule has 0 spiro atoms. The van der Waals surface area contributed by atoms with E-state index in [1.54, 1.807) is 20.8 Å². The van der Waals surface area contributed by atoms with E-state index in [4.69, 9.17) is 14.7 Å². The number of carbonyl (C=O) groups is 1. The van der Waals surface area contributed by atoms with E-state index in [0.717, 1.165) is 6.07 Å². The quantitative estimate of drug-likeness (QED) is 0.508. The molecule has 2 N–H and O–H groups in total. The third-order valence-corrected chi connectivity index (χ3v) is 2.40. The van der Waals surface area contributed by atoms with Gasteiger partial charge in [-0.25, -0.2) is 9.18 Å². The van der Waals surface area contributed by atoms with E-state index in [-0.39, 0.29) is 18.0 Å². The highest BCUT2D eigenvalue weighted by molar-refractivity contribution is 6.02. The summed E-state index contributed by atoms with van der Waals surface area (Å²) in [6.07, 6.45) is -0.655. The number of ether oxygens (including phenoxy) is 2. The Kier molecular flexibility index (Phi) is 5.52. The van der Waals surface area contributed by atoms with E-state index in [2.05, 4.69) is 10.5 Å². The molecule has 0 heterocycles. The van der Waals surface area contributed by atoms with Crippen molar-refractivity contribution in [2.24, 2.45) is 5.16 Å². The second-order valence-corrected chi connectivity index (χ2v) is 5.25. The number of nitrogens with zero attached hydrogens (tertiary/aromatic N) is 1. The first-order valence-corrected chi connectivity index (χ1v) is 6.28. The fourth-order valence-corrected chi connectivity index (χ4v) is 1.51. The van der Waals surface area contributed by atoms with E-state index < -0.39 is 17.5 Å². The molecule has 0 fully saturated rings. The largest absolute Gasteiger partial charge is 0.494 e. The molecule has 0 saturated heterocycles. The van der Waals surface area contributed by atoms with Gasteiger partial charge in [-0.1, -0.05) is 5.16 Å². The van der Waals surface area contributed by atoms with E-state index in [0.29, 0.717) is 5.56 Å². The van der Waals surface area contributed by atoms with Gasteiger partial charge in [0, 0.05) is 5.56 Å². The van der Waals surface area contributed by atoms with Gasteiger partial charge in [-0.3, -0.25) is 0 Å². The summed E-state index contributed by atoms with van der Waals surface area (Å²) >= 11 is 0. The van der Waals surface area contributed by atoms with Gasteiger partial charge >= 0.3 is 6.09 Å². The van der Waals surface area contributed by atoms with Gasteiger partial charge in [-0.2, -0.15) is 0 Å². The predicted octanol–water partition coefficient (Wildman–Crippen LogP) is 2.54. The summed E-state index contributed by atoms with van der Waals surface area (Å²) in [7, 11) is 1.35. The number of hydrogen-bond acceptors (Lipinski definition) is 5. The lowest BCUT2D eigenvalue weighted by Crippen LogP contribution is -2.35. The smallest absolute Gasteiger partial charge is 0.407 e. The lowest BCUT2D eigenvalue weighted by Gasteiger charge is -2.19. The van der Waals surface area contributed by atoms with Gasteiger partial charge in [0.2, 0.25) is 0 Å². The van der Waals surface area contributed by atoms with Crippen molar-refractivity contribution in [2.45, 2.75) is 26.4 Å². The molecule has 0 radical (unpaired) electrons. The Morgan fingerprint density at radius 2 is 2.10 bits per heavy atom. The standard InChI is InChI=1S/C14H19FN2O4/c1-14(2,3)21-13(18)16-8-11(17-19)9-5-6-12(20-4)10(15)7-9/h5-7,19H,8H2,1-4H3,(H,16,18)/b17-11-. The molecule has 0 saturated carbocycles. The third kappa shape index (κ3) is 5.29. The molecule has 1 amide bonds. The van der Waals surface area contributed by atoms with Crippen LogP contribution in [0.5, 0.6) is 5.75 Å². The van der Waals surface area contributed by atoms with E-state index in [1.165, 1.54) is 19.2 Å². The second-order valence-electron chi connectivity index (χ2n) is 5.25. The summed E-state index contributed by atoms with van der Waals surface area (Å²) in [5.74, 6) is -0.510. The van der Waals surface area contributed by atoms with Crippen molar-refractivity contribution in [3.8, 4) is 5.75 Å². The third-order valence-electron chi connectivity index (χ3n) is 2.40.